The number of imide groups is 1. The lowest BCUT2D eigenvalue weighted by Crippen LogP contribution is -2.40. The number of nitrogens with zero attached hydrogens (tertiary/aromatic N) is 1. The van der Waals surface area contributed by atoms with E-state index in [9.17, 15) is 24.0 Å². The predicted molar refractivity (Wildman–Crippen MR) is 143 cm³/mol. The monoisotopic (exact) mass is 528 g/mol. The van der Waals surface area contributed by atoms with Crippen molar-refractivity contribution in [3.8, 4) is 0 Å². The highest BCUT2D eigenvalue weighted by Crippen LogP contribution is 2.24. The molecule has 0 aromatic heterocycles. The zero-order valence-electron chi connectivity index (χ0n) is 21.3. The van der Waals surface area contributed by atoms with Crippen molar-refractivity contribution >= 4 is 40.5 Å². The van der Waals surface area contributed by atoms with Crippen LogP contribution in [0.25, 0.3) is 10.8 Å². The van der Waals surface area contributed by atoms with Gasteiger partial charge in [0.15, 0.2) is 0 Å². The fourth-order valence-corrected chi connectivity index (χ4v) is 4.21. The molecule has 3 N–H and O–H groups in total. The van der Waals surface area contributed by atoms with Gasteiger partial charge < -0.3 is 20.7 Å². The minimum atomic E-state index is -0.904. The molecule has 10 heteroatoms. The van der Waals surface area contributed by atoms with Crippen LogP contribution in [0.15, 0.2) is 78.9 Å². The van der Waals surface area contributed by atoms with E-state index in [0.29, 0.717) is 11.1 Å². The summed E-state index contributed by atoms with van der Waals surface area (Å²) in [6.07, 6.45) is 1.74. The van der Waals surface area contributed by atoms with Crippen LogP contribution < -0.4 is 16.0 Å². The molecule has 3 aromatic rings. The second-order valence-electron chi connectivity index (χ2n) is 8.82. The van der Waals surface area contributed by atoms with Crippen molar-refractivity contribution in [3.05, 3.63) is 95.6 Å². The molecule has 0 unspecified atom stereocenters. The standard InChI is InChI=1S/C29H28N4O6/c1-19(22-13-6-10-20-8-2-4-11-23(20)22)32-26(35)24-12-5-3-9-21(24)18-31-28(37)27(36)30-15-7-14-25(34)33-16-17-39-29(33)38/h2-14,19H,15-18H2,1H3,(H,30,36)(H,31,37)(H,32,35)/b14-7+/t19-/m1/s1. The second-order valence-corrected chi connectivity index (χ2v) is 8.82. The number of fused-ring (bicyclic) bond motifs is 1. The highest BCUT2D eigenvalue weighted by molar-refractivity contribution is 6.35. The van der Waals surface area contributed by atoms with E-state index in [2.05, 4.69) is 20.7 Å². The number of nitrogens with one attached hydrogen (secondary N) is 3. The van der Waals surface area contributed by atoms with Crippen LogP contribution in [0.2, 0.25) is 0 Å². The number of carbonyl (C=O) groups is 5. The number of rotatable bonds is 8. The molecule has 0 aliphatic carbocycles. The molecular weight excluding hydrogens is 500 g/mol. The Kier molecular flexibility index (Phi) is 8.67. The molecule has 3 aromatic carbocycles. The SMILES string of the molecule is C[C@@H](NC(=O)c1ccccc1CNC(=O)C(=O)NC/C=C/C(=O)N1CCOC1=O)c1cccc2ccccc12. The van der Waals surface area contributed by atoms with E-state index in [1.165, 1.54) is 6.08 Å². The third-order valence-electron chi connectivity index (χ3n) is 6.21. The summed E-state index contributed by atoms with van der Waals surface area (Å²) >= 11 is 0. The summed E-state index contributed by atoms with van der Waals surface area (Å²) in [4.78, 5) is 61.8. The van der Waals surface area contributed by atoms with Gasteiger partial charge in [-0.25, -0.2) is 9.69 Å². The van der Waals surface area contributed by atoms with E-state index in [1.807, 2.05) is 49.4 Å². The van der Waals surface area contributed by atoms with Crippen molar-refractivity contribution in [2.75, 3.05) is 19.7 Å². The first-order valence-electron chi connectivity index (χ1n) is 12.4. The summed E-state index contributed by atoms with van der Waals surface area (Å²) in [6.45, 7) is 2.09. The van der Waals surface area contributed by atoms with E-state index in [1.54, 1.807) is 24.3 Å². The molecule has 1 heterocycles. The summed E-state index contributed by atoms with van der Waals surface area (Å²) in [6, 6.07) is 20.4. The molecule has 0 spiro atoms. The van der Waals surface area contributed by atoms with Crippen molar-refractivity contribution in [1.29, 1.82) is 0 Å². The fraction of sp³-hybridized carbons (Fsp3) is 0.207. The van der Waals surface area contributed by atoms with Crippen LogP contribution in [-0.2, 0) is 25.7 Å². The number of hydrogen-bond acceptors (Lipinski definition) is 6. The Morgan fingerprint density at radius 3 is 2.46 bits per heavy atom. The van der Waals surface area contributed by atoms with Crippen LogP contribution in [-0.4, -0.2) is 54.3 Å². The van der Waals surface area contributed by atoms with Crippen molar-refractivity contribution in [2.45, 2.75) is 19.5 Å². The number of benzene rings is 3. The van der Waals surface area contributed by atoms with Gasteiger partial charge >= 0.3 is 17.9 Å². The Labute approximate surface area is 225 Å². The molecule has 4 rings (SSSR count). The van der Waals surface area contributed by atoms with Gasteiger partial charge in [-0.15, -0.1) is 0 Å². The molecule has 5 amide bonds. The molecule has 1 saturated heterocycles. The summed E-state index contributed by atoms with van der Waals surface area (Å²) in [5.41, 5.74) is 1.91. The van der Waals surface area contributed by atoms with Crippen LogP contribution in [0.4, 0.5) is 4.79 Å². The topological polar surface area (TPSA) is 134 Å². The highest BCUT2D eigenvalue weighted by atomic mass is 16.6. The lowest BCUT2D eigenvalue weighted by molar-refractivity contribution is -0.139. The maximum absolute atomic E-state index is 13.1. The Hall–Kier alpha value is -4.99. The van der Waals surface area contributed by atoms with E-state index in [4.69, 9.17) is 0 Å². The molecule has 0 bridgehead atoms. The second kappa shape index (κ2) is 12.5. The average molecular weight is 529 g/mol. The Morgan fingerprint density at radius 2 is 1.67 bits per heavy atom. The quantitative estimate of drug-likeness (QED) is 0.304. The summed E-state index contributed by atoms with van der Waals surface area (Å²) in [7, 11) is 0. The average Bonchev–Trinajstić information content (AvgIpc) is 3.39. The minimum absolute atomic E-state index is 0.0378. The van der Waals surface area contributed by atoms with E-state index < -0.39 is 23.8 Å². The Balaban J connectivity index is 1.30. The van der Waals surface area contributed by atoms with Crippen LogP contribution >= 0.6 is 0 Å². The van der Waals surface area contributed by atoms with Gasteiger partial charge in [0.2, 0.25) is 0 Å². The molecule has 0 saturated carbocycles. The van der Waals surface area contributed by atoms with Gasteiger partial charge in [0.25, 0.3) is 11.8 Å². The van der Waals surface area contributed by atoms with Crippen LogP contribution in [0.1, 0.15) is 34.5 Å². The lowest BCUT2D eigenvalue weighted by Gasteiger charge is -2.18. The Bertz CT molecular complexity index is 1450. The van der Waals surface area contributed by atoms with Crippen molar-refractivity contribution in [1.82, 2.24) is 20.9 Å². The number of carbonyl (C=O) groups excluding carboxylic acids is 5. The summed E-state index contributed by atoms with van der Waals surface area (Å²) < 4.78 is 4.69. The Morgan fingerprint density at radius 1 is 0.949 bits per heavy atom. The maximum atomic E-state index is 13.1. The van der Waals surface area contributed by atoms with Gasteiger partial charge in [-0.05, 0) is 34.9 Å². The summed E-state index contributed by atoms with van der Waals surface area (Å²) in [5, 5.41) is 10.0. The summed E-state index contributed by atoms with van der Waals surface area (Å²) in [5.74, 6) is -2.67. The molecule has 10 nitrogen and oxygen atoms in total. The van der Waals surface area contributed by atoms with Crippen LogP contribution in [0.3, 0.4) is 0 Å². The first-order valence-corrected chi connectivity index (χ1v) is 12.4. The van der Waals surface area contributed by atoms with Crippen molar-refractivity contribution < 1.29 is 28.7 Å². The predicted octanol–water partition coefficient (Wildman–Crippen LogP) is 2.60. The van der Waals surface area contributed by atoms with Crippen LogP contribution in [0.5, 0.6) is 0 Å². The number of amides is 5. The van der Waals surface area contributed by atoms with Gasteiger partial charge in [0.1, 0.15) is 6.61 Å². The number of hydrogen-bond donors (Lipinski definition) is 3. The fourth-order valence-electron chi connectivity index (χ4n) is 4.21. The first kappa shape index (κ1) is 27.1. The smallest absolute Gasteiger partial charge is 0.416 e. The van der Waals surface area contributed by atoms with Gasteiger partial charge in [-0.2, -0.15) is 0 Å². The zero-order valence-corrected chi connectivity index (χ0v) is 21.3. The van der Waals surface area contributed by atoms with Crippen LogP contribution in [0, 0.1) is 0 Å². The minimum Gasteiger partial charge on any atom is -0.447 e. The van der Waals surface area contributed by atoms with Gasteiger partial charge in [-0.3, -0.25) is 19.2 Å². The molecule has 1 fully saturated rings. The van der Waals surface area contributed by atoms with E-state index in [-0.39, 0.29) is 38.2 Å². The number of cyclic esters (lactones) is 1. The largest absolute Gasteiger partial charge is 0.447 e. The van der Waals surface area contributed by atoms with Gasteiger partial charge in [0.05, 0.1) is 12.6 Å². The lowest BCUT2D eigenvalue weighted by atomic mass is 9.99. The molecule has 1 atom stereocenters. The molecule has 39 heavy (non-hydrogen) atoms. The molecular formula is C29H28N4O6. The molecule has 200 valence electrons. The third-order valence-corrected chi connectivity index (χ3v) is 6.21. The molecule has 0 radical (unpaired) electrons. The van der Waals surface area contributed by atoms with E-state index >= 15 is 0 Å². The zero-order chi connectivity index (χ0) is 27.8. The normalized spacial score (nSPS) is 13.7. The number of ether oxygens (including phenoxy) is 1. The third kappa shape index (κ3) is 6.67. The van der Waals surface area contributed by atoms with Crippen molar-refractivity contribution in [2.24, 2.45) is 0 Å². The van der Waals surface area contributed by atoms with Crippen molar-refractivity contribution in [3.63, 3.8) is 0 Å². The molecule has 1 aliphatic rings. The first-order chi connectivity index (χ1) is 18.8. The van der Waals surface area contributed by atoms with E-state index in [0.717, 1.165) is 27.3 Å². The van der Waals surface area contributed by atoms with Gasteiger partial charge in [-0.1, -0.05) is 66.7 Å². The maximum Gasteiger partial charge on any atom is 0.416 e. The highest BCUT2D eigenvalue weighted by Gasteiger charge is 2.26. The molecule has 1 aliphatic heterocycles. The van der Waals surface area contributed by atoms with Gasteiger partial charge in [0, 0.05) is 24.7 Å².